The quantitative estimate of drug-likeness (QED) is 0.199. The van der Waals surface area contributed by atoms with E-state index in [0.717, 1.165) is 67.3 Å². The summed E-state index contributed by atoms with van der Waals surface area (Å²) >= 11 is 0. The number of benzene rings is 6. The Hall–Kier alpha value is -6.62. The van der Waals surface area contributed by atoms with Crippen LogP contribution in [0.4, 0.5) is 0 Å². The zero-order valence-corrected chi connectivity index (χ0v) is 26.0. The topological polar surface area (TPSA) is 57.4 Å². The van der Waals surface area contributed by atoms with Gasteiger partial charge in [-0.05, 0) is 60.5 Å². The van der Waals surface area contributed by atoms with E-state index in [1.165, 1.54) is 10.8 Å². The Kier molecular flexibility index (Phi) is 6.35. The molecule has 2 heterocycles. The molecule has 9 rings (SSSR count). The highest BCUT2D eigenvalue weighted by molar-refractivity contribution is 6.12. The highest BCUT2D eigenvalue weighted by atomic mass is 15.0. The molecule has 4 nitrogen and oxygen atoms in total. The molecule has 1 unspecified atom stereocenters. The molecule has 1 atom stereocenters. The van der Waals surface area contributed by atoms with Gasteiger partial charge in [-0.1, -0.05) is 103 Å². The van der Waals surface area contributed by atoms with E-state index in [2.05, 4.69) is 149 Å². The number of para-hydroxylation sites is 5. The van der Waals surface area contributed by atoms with Crippen LogP contribution in [0.15, 0.2) is 152 Å². The molecule has 1 aliphatic carbocycles. The molecule has 1 aliphatic rings. The average Bonchev–Trinajstić information content (AvgIpc) is 3.68. The maximum absolute atomic E-state index is 10.3. The third-order valence-corrected chi connectivity index (χ3v) is 9.76. The monoisotopic (exact) mass is 612 g/mol. The van der Waals surface area contributed by atoms with Crippen molar-refractivity contribution < 1.29 is 0 Å². The summed E-state index contributed by atoms with van der Waals surface area (Å²) in [7, 11) is 0. The molecule has 0 amide bonds. The number of fused-ring (bicyclic) bond motifs is 6. The van der Waals surface area contributed by atoms with E-state index in [0.29, 0.717) is 11.1 Å². The first-order chi connectivity index (χ1) is 23.7. The van der Waals surface area contributed by atoms with Crippen molar-refractivity contribution in [2.75, 3.05) is 0 Å². The minimum atomic E-state index is 0.143. The van der Waals surface area contributed by atoms with E-state index in [4.69, 9.17) is 0 Å². The van der Waals surface area contributed by atoms with Crippen LogP contribution in [0.2, 0.25) is 0 Å². The Morgan fingerprint density at radius 2 is 1.15 bits per heavy atom. The van der Waals surface area contributed by atoms with Crippen molar-refractivity contribution in [1.82, 2.24) is 9.13 Å². The number of allylic oxidation sites excluding steroid dienone is 4. The van der Waals surface area contributed by atoms with Gasteiger partial charge in [0.1, 0.15) is 6.07 Å². The van der Waals surface area contributed by atoms with Gasteiger partial charge in [0.25, 0.3) is 0 Å². The van der Waals surface area contributed by atoms with E-state index in [1.54, 1.807) is 0 Å². The van der Waals surface area contributed by atoms with E-state index in [1.807, 2.05) is 24.3 Å². The van der Waals surface area contributed by atoms with Gasteiger partial charge in [0.2, 0.25) is 0 Å². The summed E-state index contributed by atoms with van der Waals surface area (Å²) in [5.74, 6) is 0.143. The lowest BCUT2D eigenvalue weighted by atomic mass is 9.87. The molecular weight excluding hydrogens is 585 g/mol. The Labute approximate surface area is 277 Å². The number of hydrogen-bond donors (Lipinski definition) is 0. The second-order valence-corrected chi connectivity index (χ2v) is 12.3. The molecule has 0 aliphatic heterocycles. The lowest BCUT2D eigenvalue weighted by molar-refractivity contribution is 0.850. The van der Waals surface area contributed by atoms with Crippen molar-refractivity contribution in [1.29, 1.82) is 10.5 Å². The third kappa shape index (κ3) is 4.14. The Bertz CT molecular complexity index is 2680. The van der Waals surface area contributed by atoms with E-state index < -0.39 is 0 Å². The standard InChI is InChI=1S/C44H28N4/c45-27-31-21-20-30(29-22-24-33(25-23-29)47-40-16-5-3-13-36(40)38-15-9-10-32(28-46)44(38)47)26-39(31)37-14-4-8-19-43(37)48-41-17-6-1-11-34(41)35-12-2-7-18-42(35)48/h1-22,24-26,29H,23H2. The molecule has 0 N–H and O–H groups in total. The Morgan fingerprint density at radius 1 is 0.542 bits per heavy atom. The van der Waals surface area contributed by atoms with Gasteiger partial charge in [-0.25, -0.2) is 0 Å². The molecule has 0 bridgehead atoms. The number of nitrogens with zero attached hydrogens (tertiary/aromatic N) is 4. The summed E-state index contributed by atoms with van der Waals surface area (Å²) < 4.78 is 4.55. The van der Waals surface area contributed by atoms with Crippen LogP contribution in [0, 0.1) is 22.7 Å². The summed E-state index contributed by atoms with van der Waals surface area (Å²) in [6.07, 6.45) is 7.51. The predicted octanol–water partition coefficient (Wildman–Crippen LogP) is 10.9. The maximum atomic E-state index is 10.3. The summed E-state index contributed by atoms with van der Waals surface area (Å²) in [6.45, 7) is 0. The zero-order chi connectivity index (χ0) is 32.2. The fraction of sp³-hybridized carbons (Fsp3) is 0.0455. The third-order valence-electron chi connectivity index (χ3n) is 9.76. The fourth-order valence-corrected chi connectivity index (χ4v) is 7.59. The molecular formula is C44H28N4. The predicted molar refractivity (Wildman–Crippen MR) is 196 cm³/mol. The van der Waals surface area contributed by atoms with Gasteiger partial charge in [-0.3, -0.25) is 0 Å². The van der Waals surface area contributed by atoms with Gasteiger partial charge in [-0.2, -0.15) is 10.5 Å². The number of rotatable bonds is 4. The molecule has 8 aromatic rings. The lowest BCUT2D eigenvalue weighted by Gasteiger charge is -2.21. The smallest absolute Gasteiger partial charge is 0.101 e. The van der Waals surface area contributed by atoms with Gasteiger partial charge < -0.3 is 9.13 Å². The van der Waals surface area contributed by atoms with E-state index in [9.17, 15) is 10.5 Å². The van der Waals surface area contributed by atoms with Crippen LogP contribution in [0.1, 0.15) is 29.0 Å². The second kappa shape index (κ2) is 11.0. The van der Waals surface area contributed by atoms with Crippen LogP contribution >= 0.6 is 0 Å². The Morgan fingerprint density at radius 3 is 1.81 bits per heavy atom. The second-order valence-electron chi connectivity index (χ2n) is 12.3. The minimum absolute atomic E-state index is 0.143. The normalized spacial score (nSPS) is 14.4. The molecule has 2 aromatic heterocycles. The SMILES string of the molecule is N#Cc1ccc(C2C=CC(n3c4ccccc4c4cccc(C#N)c43)=CC2)cc1-c1ccccc1-n1c2ccccc2c2ccccc21. The fourth-order valence-electron chi connectivity index (χ4n) is 7.59. The van der Waals surface area contributed by atoms with Crippen molar-refractivity contribution in [2.45, 2.75) is 12.3 Å². The minimum Gasteiger partial charge on any atom is -0.309 e. The average molecular weight is 613 g/mol. The number of aromatic nitrogens is 2. The summed E-state index contributed by atoms with van der Waals surface area (Å²) in [5.41, 5.74) is 10.8. The van der Waals surface area contributed by atoms with Crippen LogP contribution in [-0.2, 0) is 0 Å². The van der Waals surface area contributed by atoms with Crippen molar-refractivity contribution in [3.63, 3.8) is 0 Å². The van der Waals surface area contributed by atoms with Crippen molar-refractivity contribution in [2.24, 2.45) is 0 Å². The van der Waals surface area contributed by atoms with Crippen molar-refractivity contribution in [3.8, 4) is 29.0 Å². The molecule has 48 heavy (non-hydrogen) atoms. The Balaban J connectivity index is 1.14. The maximum Gasteiger partial charge on any atom is 0.101 e. The zero-order valence-electron chi connectivity index (χ0n) is 26.0. The first-order valence-corrected chi connectivity index (χ1v) is 16.2. The lowest BCUT2D eigenvalue weighted by Crippen LogP contribution is -2.04. The van der Waals surface area contributed by atoms with Crippen LogP contribution in [0.5, 0.6) is 0 Å². The van der Waals surface area contributed by atoms with Gasteiger partial charge in [0.15, 0.2) is 0 Å². The highest BCUT2D eigenvalue weighted by Crippen LogP contribution is 2.40. The van der Waals surface area contributed by atoms with Crippen molar-refractivity contribution in [3.05, 3.63) is 168 Å². The van der Waals surface area contributed by atoms with E-state index in [-0.39, 0.29) is 5.92 Å². The van der Waals surface area contributed by atoms with Gasteiger partial charge in [0, 0.05) is 44.3 Å². The van der Waals surface area contributed by atoms with Crippen LogP contribution in [-0.4, -0.2) is 9.13 Å². The summed E-state index contributed by atoms with van der Waals surface area (Å²) in [6, 6.07) is 50.9. The molecule has 4 heteroatoms. The van der Waals surface area contributed by atoms with Gasteiger partial charge >= 0.3 is 0 Å². The molecule has 0 spiro atoms. The molecule has 0 saturated carbocycles. The molecule has 0 radical (unpaired) electrons. The molecule has 6 aromatic carbocycles. The first-order valence-electron chi connectivity index (χ1n) is 16.2. The van der Waals surface area contributed by atoms with Crippen LogP contribution < -0.4 is 0 Å². The number of hydrogen-bond acceptors (Lipinski definition) is 2. The summed E-state index contributed by atoms with van der Waals surface area (Å²) in [5, 5.41) is 24.9. The van der Waals surface area contributed by atoms with Crippen molar-refractivity contribution >= 4 is 49.3 Å². The largest absolute Gasteiger partial charge is 0.309 e. The molecule has 224 valence electrons. The number of nitriles is 2. The van der Waals surface area contributed by atoms with Crippen LogP contribution in [0.3, 0.4) is 0 Å². The van der Waals surface area contributed by atoms with Gasteiger partial charge in [-0.15, -0.1) is 0 Å². The molecule has 0 saturated heterocycles. The summed E-state index contributed by atoms with van der Waals surface area (Å²) in [4.78, 5) is 0. The molecule has 0 fully saturated rings. The first kappa shape index (κ1) is 27.7. The van der Waals surface area contributed by atoms with E-state index >= 15 is 0 Å². The highest BCUT2D eigenvalue weighted by Gasteiger charge is 2.21. The van der Waals surface area contributed by atoms with Crippen LogP contribution in [0.25, 0.3) is 66.1 Å². The van der Waals surface area contributed by atoms with Gasteiger partial charge in [0.05, 0.1) is 45.0 Å².